The maximum atomic E-state index is 12.4. The minimum Gasteiger partial charge on any atom is -0.445 e. The lowest BCUT2D eigenvalue weighted by Crippen LogP contribution is -2.38. The molecular weight excluding hydrogens is 432 g/mol. The summed E-state index contributed by atoms with van der Waals surface area (Å²) in [5, 5.41) is 5.66. The zero-order chi connectivity index (χ0) is 23.6. The van der Waals surface area contributed by atoms with Crippen molar-refractivity contribution in [3.05, 3.63) is 108 Å². The van der Waals surface area contributed by atoms with Crippen LogP contribution in [0.2, 0.25) is 0 Å². The fraction of sp³-hybridized carbons (Fsp3) is 0.259. The molecule has 0 radical (unpaired) electrons. The van der Waals surface area contributed by atoms with Crippen LogP contribution in [-0.2, 0) is 33.8 Å². The van der Waals surface area contributed by atoms with E-state index in [-0.39, 0.29) is 25.4 Å². The Kier molecular flexibility index (Phi) is 8.13. The van der Waals surface area contributed by atoms with Gasteiger partial charge < -0.3 is 19.5 Å². The summed E-state index contributed by atoms with van der Waals surface area (Å²) in [6.07, 6.45) is -0.537. The monoisotopic (exact) mass is 460 g/mol. The third-order valence-electron chi connectivity index (χ3n) is 5.43. The first-order chi connectivity index (χ1) is 16.7. The molecule has 0 aliphatic carbocycles. The van der Waals surface area contributed by atoms with Crippen molar-refractivity contribution in [1.82, 2.24) is 10.6 Å². The van der Waals surface area contributed by atoms with Crippen LogP contribution < -0.4 is 10.6 Å². The van der Waals surface area contributed by atoms with E-state index in [9.17, 15) is 9.59 Å². The number of ether oxygens (including phenoxy) is 3. The number of hydrogen-bond acceptors (Lipinski definition) is 5. The standard InChI is InChI=1S/C27H28N2O5/c30-26(32-18-21-12-6-2-7-13-21)28-23(16-20-10-4-1-5-11-20)17-24-25(34-24)29-27(31)33-19-22-14-8-3-9-15-22/h1-15,23-25H,16-19H2,(H,28,30)(H,29,31)/t23-,24-,25?/m0/s1. The first-order valence-corrected chi connectivity index (χ1v) is 11.3. The van der Waals surface area contributed by atoms with Gasteiger partial charge in [-0.2, -0.15) is 0 Å². The third-order valence-corrected chi connectivity index (χ3v) is 5.43. The van der Waals surface area contributed by atoms with E-state index < -0.39 is 18.4 Å². The van der Waals surface area contributed by atoms with Crippen LogP contribution in [0.25, 0.3) is 0 Å². The topological polar surface area (TPSA) is 89.2 Å². The van der Waals surface area contributed by atoms with E-state index in [1.165, 1.54) is 0 Å². The van der Waals surface area contributed by atoms with E-state index in [0.29, 0.717) is 12.8 Å². The Morgan fingerprint density at radius 2 is 1.24 bits per heavy atom. The highest BCUT2D eigenvalue weighted by Crippen LogP contribution is 2.26. The lowest BCUT2D eigenvalue weighted by Gasteiger charge is -2.18. The van der Waals surface area contributed by atoms with E-state index in [2.05, 4.69) is 10.6 Å². The molecule has 0 aromatic heterocycles. The van der Waals surface area contributed by atoms with Gasteiger partial charge in [0.2, 0.25) is 0 Å². The van der Waals surface area contributed by atoms with Crippen LogP contribution in [0, 0.1) is 0 Å². The smallest absolute Gasteiger partial charge is 0.409 e. The van der Waals surface area contributed by atoms with Gasteiger partial charge in [-0.3, -0.25) is 5.32 Å². The van der Waals surface area contributed by atoms with E-state index in [0.717, 1.165) is 16.7 Å². The number of alkyl carbamates (subject to hydrolysis) is 2. The molecule has 2 N–H and O–H groups in total. The Morgan fingerprint density at radius 3 is 1.79 bits per heavy atom. The van der Waals surface area contributed by atoms with Crippen LogP contribution in [-0.4, -0.2) is 30.6 Å². The molecule has 3 atom stereocenters. The second kappa shape index (κ2) is 11.9. The second-order valence-corrected chi connectivity index (χ2v) is 8.13. The summed E-state index contributed by atoms with van der Waals surface area (Å²) < 4.78 is 16.2. The van der Waals surface area contributed by atoms with Crippen LogP contribution in [0.3, 0.4) is 0 Å². The first kappa shape index (κ1) is 23.3. The number of amides is 2. The zero-order valence-electron chi connectivity index (χ0n) is 18.8. The molecule has 1 aliphatic heterocycles. The van der Waals surface area contributed by atoms with Gasteiger partial charge in [-0.05, 0) is 29.5 Å². The highest BCUT2D eigenvalue weighted by atomic mass is 16.6. The number of nitrogens with one attached hydrogen (secondary N) is 2. The molecule has 34 heavy (non-hydrogen) atoms. The summed E-state index contributed by atoms with van der Waals surface area (Å²) in [7, 11) is 0. The molecule has 7 nitrogen and oxygen atoms in total. The van der Waals surface area contributed by atoms with Gasteiger partial charge in [-0.1, -0.05) is 91.0 Å². The van der Waals surface area contributed by atoms with Crippen molar-refractivity contribution in [2.75, 3.05) is 0 Å². The first-order valence-electron chi connectivity index (χ1n) is 11.3. The summed E-state index contributed by atoms with van der Waals surface area (Å²) in [6.45, 7) is 0.387. The minimum absolute atomic E-state index is 0.190. The third kappa shape index (κ3) is 7.64. The predicted molar refractivity (Wildman–Crippen MR) is 127 cm³/mol. The van der Waals surface area contributed by atoms with Crippen LogP contribution >= 0.6 is 0 Å². The van der Waals surface area contributed by atoms with Crippen LogP contribution in [0.15, 0.2) is 91.0 Å². The van der Waals surface area contributed by atoms with Crippen molar-refractivity contribution in [2.45, 2.75) is 44.4 Å². The second-order valence-electron chi connectivity index (χ2n) is 8.13. The summed E-state index contributed by atoms with van der Waals surface area (Å²) >= 11 is 0. The van der Waals surface area contributed by atoms with Crippen LogP contribution in [0.5, 0.6) is 0 Å². The minimum atomic E-state index is -0.536. The average molecular weight is 461 g/mol. The van der Waals surface area contributed by atoms with Crippen LogP contribution in [0.1, 0.15) is 23.1 Å². The molecule has 0 bridgehead atoms. The summed E-state index contributed by atoms with van der Waals surface area (Å²) in [4.78, 5) is 24.5. The number of hydrogen-bond donors (Lipinski definition) is 2. The Hall–Kier alpha value is -3.84. The highest BCUT2D eigenvalue weighted by molar-refractivity contribution is 5.68. The lowest BCUT2D eigenvalue weighted by atomic mass is 10.0. The van der Waals surface area contributed by atoms with Gasteiger partial charge in [0, 0.05) is 6.04 Å². The van der Waals surface area contributed by atoms with Gasteiger partial charge in [0.1, 0.15) is 19.3 Å². The summed E-state index contributed by atoms with van der Waals surface area (Å²) in [5.41, 5.74) is 2.91. The molecule has 7 heteroatoms. The lowest BCUT2D eigenvalue weighted by molar-refractivity contribution is 0.134. The molecule has 0 saturated carbocycles. The van der Waals surface area contributed by atoms with E-state index in [1.807, 2.05) is 91.0 Å². The molecule has 2 amide bonds. The molecule has 1 unspecified atom stereocenters. The highest BCUT2D eigenvalue weighted by Gasteiger charge is 2.42. The Balaban J connectivity index is 1.25. The van der Waals surface area contributed by atoms with Gasteiger partial charge in [0.25, 0.3) is 0 Å². The van der Waals surface area contributed by atoms with Gasteiger partial charge in [-0.25, -0.2) is 9.59 Å². The van der Waals surface area contributed by atoms with Crippen LogP contribution in [0.4, 0.5) is 9.59 Å². The Labute approximate surface area is 199 Å². The van der Waals surface area contributed by atoms with E-state index in [1.54, 1.807) is 0 Å². The van der Waals surface area contributed by atoms with Gasteiger partial charge >= 0.3 is 12.2 Å². The number of benzene rings is 3. The van der Waals surface area contributed by atoms with Crippen molar-refractivity contribution in [2.24, 2.45) is 0 Å². The fourth-order valence-corrected chi connectivity index (χ4v) is 3.63. The van der Waals surface area contributed by atoms with E-state index >= 15 is 0 Å². The molecule has 4 rings (SSSR count). The predicted octanol–water partition coefficient (Wildman–Crippen LogP) is 4.57. The number of rotatable bonds is 10. The molecule has 1 saturated heterocycles. The molecule has 1 fully saturated rings. The molecule has 176 valence electrons. The maximum Gasteiger partial charge on any atom is 0.409 e. The fourth-order valence-electron chi connectivity index (χ4n) is 3.63. The molecule has 1 heterocycles. The largest absolute Gasteiger partial charge is 0.445 e. The Bertz CT molecular complexity index is 1050. The summed E-state index contributed by atoms with van der Waals surface area (Å²) in [5.74, 6) is 0. The molecule has 1 aliphatic rings. The van der Waals surface area contributed by atoms with Gasteiger partial charge in [0.05, 0.1) is 0 Å². The SMILES string of the molecule is O=C(NC1O[C@H]1C[C@H](Cc1ccccc1)NC(=O)OCc1ccccc1)OCc1ccccc1. The summed E-state index contributed by atoms with van der Waals surface area (Å²) in [6, 6.07) is 28.6. The number of carbonyl (C=O) groups excluding carboxylic acids is 2. The van der Waals surface area contributed by atoms with Crippen molar-refractivity contribution in [1.29, 1.82) is 0 Å². The number of epoxide rings is 1. The zero-order valence-corrected chi connectivity index (χ0v) is 18.8. The van der Waals surface area contributed by atoms with Crippen molar-refractivity contribution in [3.63, 3.8) is 0 Å². The van der Waals surface area contributed by atoms with E-state index in [4.69, 9.17) is 14.2 Å². The Morgan fingerprint density at radius 1 is 0.735 bits per heavy atom. The normalized spacial score (nSPS) is 17.3. The molecular formula is C27H28N2O5. The van der Waals surface area contributed by atoms with Gasteiger partial charge in [0.15, 0.2) is 6.23 Å². The van der Waals surface area contributed by atoms with Crippen molar-refractivity contribution in [3.8, 4) is 0 Å². The molecule has 3 aromatic rings. The number of carbonyl (C=O) groups is 2. The van der Waals surface area contributed by atoms with Gasteiger partial charge in [-0.15, -0.1) is 0 Å². The average Bonchev–Trinajstić information content (AvgIpc) is 3.60. The molecule has 3 aromatic carbocycles. The molecule has 0 spiro atoms. The quantitative estimate of drug-likeness (QED) is 0.433. The van der Waals surface area contributed by atoms with Crippen molar-refractivity contribution >= 4 is 12.2 Å². The van der Waals surface area contributed by atoms with Crippen molar-refractivity contribution < 1.29 is 23.8 Å². The maximum absolute atomic E-state index is 12.4.